The van der Waals surface area contributed by atoms with E-state index in [1.807, 2.05) is 44.2 Å². The van der Waals surface area contributed by atoms with Crippen LogP contribution in [0.3, 0.4) is 0 Å². The van der Waals surface area contributed by atoms with Gasteiger partial charge in [-0.15, -0.1) is 0 Å². The van der Waals surface area contributed by atoms with Gasteiger partial charge in [-0.2, -0.15) is 0 Å². The lowest BCUT2D eigenvalue weighted by atomic mass is 10.1. The Bertz CT molecular complexity index is 795. The van der Waals surface area contributed by atoms with Crippen LogP contribution in [0.5, 0.6) is 0 Å². The number of anilines is 1. The van der Waals surface area contributed by atoms with Crippen LogP contribution in [0.1, 0.15) is 36.1 Å². The second kappa shape index (κ2) is 9.55. The van der Waals surface area contributed by atoms with Gasteiger partial charge in [0.05, 0.1) is 18.9 Å². The zero-order valence-corrected chi connectivity index (χ0v) is 16.6. The summed E-state index contributed by atoms with van der Waals surface area (Å²) in [6.45, 7) is 5.16. The van der Waals surface area contributed by atoms with Gasteiger partial charge in [-0.25, -0.2) is 0 Å². The number of carbonyl (C=O) groups excluding carboxylic acids is 2. The second-order valence-electron chi connectivity index (χ2n) is 7.28. The highest BCUT2D eigenvalue weighted by Gasteiger charge is 2.24. The Labute approximate surface area is 165 Å². The van der Waals surface area contributed by atoms with E-state index >= 15 is 0 Å². The summed E-state index contributed by atoms with van der Waals surface area (Å²) in [6, 6.07) is 9.46. The molecule has 0 aliphatic carbocycles. The Hall–Kier alpha value is -2.60. The van der Waals surface area contributed by atoms with Crippen LogP contribution in [0.15, 0.2) is 41.0 Å². The van der Waals surface area contributed by atoms with Gasteiger partial charge >= 0.3 is 0 Å². The predicted octanol–water partition coefficient (Wildman–Crippen LogP) is 3.48. The minimum atomic E-state index is -0.196. The Morgan fingerprint density at radius 3 is 2.79 bits per heavy atom. The molecular weight excluding hydrogens is 356 g/mol. The first-order chi connectivity index (χ1) is 13.5. The van der Waals surface area contributed by atoms with Crippen molar-refractivity contribution in [1.82, 2.24) is 4.90 Å². The standard InChI is InChI=1S/C22H28N2O4/c1-16-6-3-9-20(17(16)2)23-21(25)15-24(14-19-8-5-13-28-19)22(26)11-10-18-7-4-12-27-18/h3-4,6-7,9,12,19H,5,8,10-11,13-15H2,1-2H3,(H,23,25). The summed E-state index contributed by atoms with van der Waals surface area (Å²) in [5, 5.41) is 2.94. The van der Waals surface area contributed by atoms with Gasteiger partial charge in [-0.1, -0.05) is 12.1 Å². The van der Waals surface area contributed by atoms with Gasteiger partial charge in [-0.3, -0.25) is 9.59 Å². The van der Waals surface area contributed by atoms with Crippen LogP contribution in [0.2, 0.25) is 0 Å². The predicted molar refractivity (Wildman–Crippen MR) is 107 cm³/mol. The number of hydrogen-bond donors (Lipinski definition) is 1. The summed E-state index contributed by atoms with van der Waals surface area (Å²) in [5.41, 5.74) is 2.93. The van der Waals surface area contributed by atoms with Gasteiger partial charge in [0.1, 0.15) is 5.76 Å². The smallest absolute Gasteiger partial charge is 0.244 e. The second-order valence-corrected chi connectivity index (χ2v) is 7.28. The molecule has 1 aliphatic rings. The van der Waals surface area contributed by atoms with Crippen molar-refractivity contribution in [2.45, 2.75) is 45.6 Å². The number of amides is 2. The largest absolute Gasteiger partial charge is 0.469 e. The third-order valence-corrected chi connectivity index (χ3v) is 5.18. The number of benzene rings is 1. The van der Waals surface area contributed by atoms with Crippen molar-refractivity contribution >= 4 is 17.5 Å². The highest BCUT2D eigenvalue weighted by molar-refractivity contribution is 5.95. The first-order valence-electron chi connectivity index (χ1n) is 9.81. The summed E-state index contributed by atoms with van der Waals surface area (Å²) < 4.78 is 11.0. The summed E-state index contributed by atoms with van der Waals surface area (Å²) in [5.74, 6) is 0.506. The molecule has 6 nitrogen and oxygen atoms in total. The van der Waals surface area contributed by atoms with E-state index in [2.05, 4.69) is 5.32 Å². The maximum absolute atomic E-state index is 12.8. The number of aryl methyl sites for hydroxylation is 2. The van der Waals surface area contributed by atoms with Gasteiger partial charge in [0.15, 0.2) is 0 Å². The molecule has 2 aromatic rings. The summed E-state index contributed by atoms with van der Waals surface area (Å²) in [7, 11) is 0. The normalized spacial score (nSPS) is 16.1. The van der Waals surface area contributed by atoms with E-state index in [1.54, 1.807) is 11.2 Å². The molecule has 0 spiro atoms. The molecule has 28 heavy (non-hydrogen) atoms. The lowest BCUT2D eigenvalue weighted by molar-refractivity contribution is -0.136. The molecule has 1 atom stereocenters. The molecule has 1 aliphatic heterocycles. The van der Waals surface area contributed by atoms with Crippen LogP contribution in [0, 0.1) is 13.8 Å². The van der Waals surface area contributed by atoms with E-state index in [0.29, 0.717) is 26.0 Å². The molecular formula is C22H28N2O4. The van der Waals surface area contributed by atoms with E-state index in [4.69, 9.17) is 9.15 Å². The number of carbonyl (C=O) groups is 2. The molecule has 1 N–H and O–H groups in total. The lowest BCUT2D eigenvalue weighted by Gasteiger charge is -2.25. The minimum absolute atomic E-state index is 0.000989. The number of hydrogen-bond acceptors (Lipinski definition) is 4. The molecule has 6 heteroatoms. The van der Waals surface area contributed by atoms with E-state index in [9.17, 15) is 9.59 Å². The molecule has 1 aromatic carbocycles. The quantitative estimate of drug-likeness (QED) is 0.756. The number of nitrogens with zero attached hydrogens (tertiary/aromatic N) is 1. The lowest BCUT2D eigenvalue weighted by Crippen LogP contribution is -2.42. The maximum atomic E-state index is 12.8. The molecule has 0 radical (unpaired) electrons. The number of rotatable bonds is 8. The molecule has 1 saturated heterocycles. The zero-order valence-electron chi connectivity index (χ0n) is 16.6. The van der Waals surface area contributed by atoms with Gasteiger partial charge in [0.2, 0.25) is 11.8 Å². The van der Waals surface area contributed by atoms with Crippen molar-refractivity contribution in [1.29, 1.82) is 0 Å². The molecule has 3 rings (SSSR count). The van der Waals surface area contributed by atoms with Crippen LogP contribution in [0.4, 0.5) is 5.69 Å². The first-order valence-corrected chi connectivity index (χ1v) is 9.81. The monoisotopic (exact) mass is 384 g/mol. The topological polar surface area (TPSA) is 71.8 Å². The molecule has 2 heterocycles. The van der Waals surface area contributed by atoms with Gasteiger partial charge in [-0.05, 0) is 56.0 Å². The highest BCUT2D eigenvalue weighted by atomic mass is 16.5. The minimum Gasteiger partial charge on any atom is -0.469 e. The van der Waals surface area contributed by atoms with Crippen molar-refractivity contribution in [2.24, 2.45) is 0 Å². The fourth-order valence-electron chi connectivity index (χ4n) is 3.38. The van der Waals surface area contributed by atoms with Crippen molar-refractivity contribution in [3.8, 4) is 0 Å². The van der Waals surface area contributed by atoms with Crippen molar-refractivity contribution in [2.75, 3.05) is 25.0 Å². The van der Waals surface area contributed by atoms with Crippen molar-refractivity contribution in [3.05, 3.63) is 53.5 Å². The number of nitrogens with one attached hydrogen (secondary N) is 1. The average molecular weight is 384 g/mol. The van der Waals surface area contributed by atoms with Gasteiger partial charge in [0, 0.05) is 31.7 Å². The first kappa shape index (κ1) is 20.1. The van der Waals surface area contributed by atoms with E-state index < -0.39 is 0 Å². The molecule has 1 unspecified atom stereocenters. The molecule has 1 aromatic heterocycles. The average Bonchev–Trinajstić information content (AvgIpc) is 3.37. The third kappa shape index (κ3) is 5.45. The summed E-state index contributed by atoms with van der Waals surface area (Å²) in [6.07, 6.45) is 4.33. The van der Waals surface area contributed by atoms with Crippen LogP contribution in [0.25, 0.3) is 0 Å². The van der Waals surface area contributed by atoms with Gasteiger partial charge in [0.25, 0.3) is 0 Å². The number of ether oxygens (including phenoxy) is 1. The molecule has 1 fully saturated rings. The van der Waals surface area contributed by atoms with Crippen molar-refractivity contribution < 1.29 is 18.7 Å². The van der Waals surface area contributed by atoms with E-state index in [-0.39, 0.29) is 24.5 Å². The van der Waals surface area contributed by atoms with Crippen molar-refractivity contribution in [3.63, 3.8) is 0 Å². The Morgan fingerprint density at radius 2 is 2.07 bits per heavy atom. The SMILES string of the molecule is Cc1cccc(NC(=O)CN(CC2CCCO2)C(=O)CCc2ccco2)c1C. The Morgan fingerprint density at radius 1 is 1.21 bits per heavy atom. The fraction of sp³-hybridized carbons (Fsp3) is 0.455. The zero-order chi connectivity index (χ0) is 19.9. The molecule has 0 saturated carbocycles. The Balaban J connectivity index is 1.62. The fourth-order valence-corrected chi connectivity index (χ4v) is 3.38. The molecule has 150 valence electrons. The highest BCUT2D eigenvalue weighted by Crippen LogP contribution is 2.19. The van der Waals surface area contributed by atoms with Crippen LogP contribution in [-0.4, -0.2) is 42.5 Å². The van der Waals surface area contributed by atoms with E-state index in [0.717, 1.165) is 35.4 Å². The van der Waals surface area contributed by atoms with Crippen LogP contribution in [-0.2, 0) is 20.7 Å². The van der Waals surface area contributed by atoms with E-state index in [1.165, 1.54) is 0 Å². The van der Waals surface area contributed by atoms with Gasteiger partial charge < -0.3 is 19.4 Å². The summed E-state index contributed by atoms with van der Waals surface area (Å²) >= 11 is 0. The van der Waals surface area contributed by atoms with Crippen LogP contribution >= 0.6 is 0 Å². The van der Waals surface area contributed by atoms with Crippen LogP contribution < -0.4 is 5.32 Å². The molecule has 2 amide bonds. The summed E-state index contributed by atoms with van der Waals surface area (Å²) in [4.78, 5) is 27.0. The number of furan rings is 1. The third-order valence-electron chi connectivity index (χ3n) is 5.18. The maximum Gasteiger partial charge on any atom is 0.244 e. The Kier molecular flexibility index (Phi) is 6.87. The molecule has 0 bridgehead atoms.